The Bertz CT molecular complexity index is 762. The second kappa shape index (κ2) is 14.9. The van der Waals surface area contributed by atoms with E-state index in [1.54, 1.807) is 0 Å². The number of quaternary nitrogens is 2. The van der Waals surface area contributed by atoms with E-state index in [0.717, 1.165) is 11.8 Å². The predicted octanol–water partition coefficient (Wildman–Crippen LogP) is 8.55. The average molecular weight is 495 g/mol. The van der Waals surface area contributed by atoms with Crippen LogP contribution in [0.5, 0.6) is 0 Å². The standard InChI is InChI=1S/C30H46N2.2C2H6/c1-25-5-9-29(10-6-25)23-31(3)19-15-27(16-20-31)13-14-28-17-21-32(4,22-18-28)24-30-11-7-26(2)8-12-30;2*1-2/h5-12,27-28H,13-24H2,1-4H3;2*1-2H3/q+2;;. The summed E-state index contributed by atoms with van der Waals surface area (Å²) in [5.74, 6) is 1.93. The Kier molecular flexibility index (Phi) is 12.7. The lowest BCUT2D eigenvalue weighted by molar-refractivity contribution is -0.928. The van der Waals surface area contributed by atoms with Gasteiger partial charge in [0.05, 0.1) is 40.3 Å². The highest BCUT2D eigenvalue weighted by molar-refractivity contribution is 5.21. The summed E-state index contributed by atoms with van der Waals surface area (Å²) in [6.07, 6.45) is 8.65. The van der Waals surface area contributed by atoms with Gasteiger partial charge < -0.3 is 8.97 Å². The van der Waals surface area contributed by atoms with Crippen molar-refractivity contribution in [2.45, 2.75) is 93.2 Å². The number of aryl methyl sites for hydroxylation is 2. The number of benzene rings is 2. The van der Waals surface area contributed by atoms with Crippen molar-refractivity contribution in [2.24, 2.45) is 11.8 Å². The fraction of sp³-hybridized carbons (Fsp3) is 0.647. The first-order valence-electron chi connectivity index (χ1n) is 15.1. The Labute approximate surface area is 224 Å². The van der Waals surface area contributed by atoms with E-state index in [9.17, 15) is 0 Å². The van der Waals surface area contributed by atoms with Gasteiger partial charge in [-0.25, -0.2) is 0 Å². The second-order valence-electron chi connectivity index (χ2n) is 11.9. The number of rotatable bonds is 7. The van der Waals surface area contributed by atoms with Crippen molar-refractivity contribution in [3.63, 3.8) is 0 Å². The summed E-state index contributed by atoms with van der Waals surface area (Å²) < 4.78 is 2.47. The largest absolute Gasteiger partial charge is 0.322 e. The molecule has 2 saturated heterocycles. The Morgan fingerprint density at radius 3 is 1.08 bits per heavy atom. The van der Waals surface area contributed by atoms with Crippen LogP contribution in [-0.2, 0) is 13.1 Å². The summed E-state index contributed by atoms with van der Waals surface area (Å²) in [4.78, 5) is 0. The summed E-state index contributed by atoms with van der Waals surface area (Å²) in [5.41, 5.74) is 5.75. The monoisotopic (exact) mass is 494 g/mol. The van der Waals surface area contributed by atoms with Crippen molar-refractivity contribution in [2.75, 3.05) is 40.3 Å². The fourth-order valence-corrected chi connectivity index (χ4v) is 6.12. The third-order valence-corrected chi connectivity index (χ3v) is 8.66. The summed E-state index contributed by atoms with van der Waals surface area (Å²) in [6, 6.07) is 18.4. The van der Waals surface area contributed by atoms with Crippen molar-refractivity contribution in [3.05, 3.63) is 70.8 Å². The van der Waals surface area contributed by atoms with E-state index >= 15 is 0 Å². The van der Waals surface area contributed by atoms with Crippen molar-refractivity contribution < 1.29 is 8.97 Å². The van der Waals surface area contributed by atoms with E-state index in [1.165, 1.54) is 109 Å². The third-order valence-electron chi connectivity index (χ3n) is 8.66. The molecule has 4 rings (SSSR count). The number of nitrogens with zero attached hydrogens (tertiary/aromatic N) is 2. The Morgan fingerprint density at radius 1 is 0.528 bits per heavy atom. The van der Waals surface area contributed by atoms with Crippen LogP contribution >= 0.6 is 0 Å². The smallest absolute Gasteiger partial charge is 0.104 e. The van der Waals surface area contributed by atoms with Crippen LogP contribution < -0.4 is 0 Å². The molecule has 0 amide bonds. The first kappa shape index (κ1) is 30.6. The zero-order valence-electron chi connectivity index (χ0n) is 25.2. The zero-order valence-corrected chi connectivity index (χ0v) is 25.2. The van der Waals surface area contributed by atoms with Gasteiger partial charge >= 0.3 is 0 Å². The third kappa shape index (κ3) is 9.67. The Hall–Kier alpha value is -1.64. The topological polar surface area (TPSA) is 0 Å². The van der Waals surface area contributed by atoms with Crippen LogP contribution in [0.3, 0.4) is 0 Å². The first-order chi connectivity index (χ1) is 17.3. The fourth-order valence-electron chi connectivity index (χ4n) is 6.12. The molecule has 202 valence electrons. The Balaban J connectivity index is 0.00000109. The number of hydrogen-bond donors (Lipinski definition) is 0. The van der Waals surface area contributed by atoms with Crippen LogP contribution in [0, 0.1) is 25.7 Å². The maximum absolute atomic E-state index is 2.48. The summed E-state index contributed by atoms with van der Waals surface area (Å²) in [5, 5.41) is 0. The number of piperidine rings is 2. The molecule has 0 unspecified atom stereocenters. The van der Waals surface area contributed by atoms with E-state index in [4.69, 9.17) is 0 Å². The lowest BCUT2D eigenvalue weighted by Crippen LogP contribution is -2.49. The SMILES string of the molecule is CC.CC.Cc1ccc(C[N+]2(C)CCC(CCC3CC[N+](C)(Cc4ccc(C)cc4)CC3)CC2)cc1. The molecule has 2 nitrogen and oxygen atoms in total. The lowest BCUT2D eigenvalue weighted by atomic mass is 9.84. The van der Waals surface area contributed by atoms with Crippen LogP contribution in [-0.4, -0.2) is 49.2 Å². The molecular formula is C34H58N2+2. The molecule has 2 aliphatic heterocycles. The molecular weight excluding hydrogens is 436 g/mol. The molecule has 0 atom stereocenters. The molecule has 0 bridgehead atoms. The number of likely N-dealkylation sites (tertiary alicyclic amines) is 2. The van der Waals surface area contributed by atoms with Gasteiger partial charge in [0.1, 0.15) is 13.1 Å². The van der Waals surface area contributed by atoms with Gasteiger partial charge in [0.25, 0.3) is 0 Å². The van der Waals surface area contributed by atoms with Gasteiger partial charge in [-0.1, -0.05) is 87.4 Å². The van der Waals surface area contributed by atoms with E-state index in [-0.39, 0.29) is 0 Å². The summed E-state index contributed by atoms with van der Waals surface area (Å²) in [6.45, 7) is 20.2. The maximum atomic E-state index is 2.48. The molecule has 2 heteroatoms. The first-order valence-corrected chi connectivity index (χ1v) is 15.1. The highest BCUT2D eigenvalue weighted by Crippen LogP contribution is 2.32. The van der Waals surface area contributed by atoms with Gasteiger partial charge in [0, 0.05) is 11.1 Å². The normalized spacial score (nSPS) is 27.8. The van der Waals surface area contributed by atoms with Crippen molar-refractivity contribution in [1.82, 2.24) is 0 Å². The molecule has 0 N–H and O–H groups in total. The minimum Gasteiger partial charge on any atom is -0.322 e. The van der Waals surface area contributed by atoms with Crippen LogP contribution in [0.15, 0.2) is 48.5 Å². The number of hydrogen-bond acceptors (Lipinski definition) is 0. The zero-order chi connectivity index (χ0) is 26.6. The highest BCUT2D eigenvalue weighted by atomic mass is 15.3. The van der Waals surface area contributed by atoms with Crippen molar-refractivity contribution >= 4 is 0 Å². The average Bonchev–Trinajstić information content (AvgIpc) is 2.90. The van der Waals surface area contributed by atoms with Crippen molar-refractivity contribution in [1.29, 1.82) is 0 Å². The second-order valence-corrected chi connectivity index (χ2v) is 11.9. The van der Waals surface area contributed by atoms with E-state index < -0.39 is 0 Å². The predicted molar refractivity (Wildman–Crippen MR) is 159 cm³/mol. The minimum absolute atomic E-state index is 0.967. The van der Waals surface area contributed by atoms with E-state index in [2.05, 4.69) is 76.5 Å². The van der Waals surface area contributed by atoms with Gasteiger partial charge in [-0.15, -0.1) is 0 Å². The lowest BCUT2D eigenvalue weighted by Gasteiger charge is -2.42. The van der Waals surface area contributed by atoms with Crippen molar-refractivity contribution in [3.8, 4) is 0 Å². The van der Waals surface area contributed by atoms with Crippen LogP contribution in [0.2, 0.25) is 0 Å². The molecule has 2 aliphatic rings. The molecule has 2 aromatic carbocycles. The van der Waals surface area contributed by atoms with Crippen LogP contribution in [0.25, 0.3) is 0 Å². The molecule has 36 heavy (non-hydrogen) atoms. The molecule has 0 saturated carbocycles. The van der Waals surface area contributed by atoms with Gasteiger partial charge in [0.15, 0.2) is 0 Å². The van der Waals surface area contributed by atoms with Crippen LogP contribution in [0.4, 0.5) is 0 Å². The van der Waals surface area contributed by atoms with E-state index in [0.29, 0.717) is 0 Å². The molecule has 2 heterocycles. The summed E-state index contributed by atoms with van der Waals surface area (Å²) >= 11 is 0. The molecule has 0 aliphatic carbocycles. The highest BCUT2D eigenvalue weighted by Gasteiger charge is 2.33. The molecule has 0 aromatic heterocycles. The molecule has 0 spiro atoms. The van der Waals surface area contributed by atoms with Gasteiger partial charge in [-0.2, -0.15) is 0 Å². The minimum atomic E-state index is 0.967. The van der Waals surface area contributed by atoms with Crippen LogP contribution in [0.1, 0.15) is 88.5 Å². The molecule has 2 aromatic rings. The maximum Gasteiger partial charge on any atom is 0.104 e. The molecule has 0 radical (unpaired) electrons. The summed E-state index contributed by atoms with van der Waals surface area (Å²) in [7, 11) is 4.95. The van der Waals surface area contributed by atoms with Gasteiger partial charge in [-0.05, 0) is 64.2 Å². The van der Waals surface area contributed by atoms with Gasteiger partial charge in [-0.3, -0.25) is 0 Å². The Morgan fingerprint density at radius 2 is 0.806 bits per heavy atom. The van der Waals surface area contributed by atoms with Gasteiger partial charge in [0.2, 0.25) is 0 Å². The quantitative estimate of drug-likeness (QED) is 0.338. The molecule has 2 fully saturated rings. The van der Waals surface area contributed by atoms with E-state index in [1.807, 2.05) is 27.7 Å².